The second kappa shape index (κ2) is 6.35. The molecule has 3 rings (SSSR count). The number of aryl methyl sites for hydroxylation is 2. The molecule has 0 bridgehead atoms. The fourth-order valence-electron chi connectivity index (χ4n) is 2.49. The average molecular weight is 383 g/mol. The lowest BCUT2D eigenvalue weighted by atomic mass is 10.3. The number of aromatic nitrogens is 3. The van der Waals surface area contributed by atoms with Crippen LogP contribution in [0.4, 0.5) is 0 Å². The number of carbonyl (C=O) groups excluding carboxylic acids is 1. The molecule has 0 atom stereocenters. The van der Waals surface area contributed by atoms with Crippen LogP contribution in [0.15, 0.2) is 23.2 Å². The number of carbonyl (C=O) groups is 1. The highest BCUT2D eigenvalue weighted by Gasteiger charge is 2.17. The third kappa shape index (κ3) is 2.90. The van der Waals surface area contributed by atoms with Gasteiger partial charge in [-0.15, -0.1) is 0 Å². The zero-order chi connectivity index (χ0) is 17.6. The average Bonchev–Trinajstić information content (AvgIpc) is 3.05. The number of thiazole rings is 1. The van der Waals surface area contributed by atoms with E-state index in [1.165, 1.54) is 11.3 Å². The van der Waals surface area contributed by atoms with E-state index in [0.29, 0.717) is 20.5 Å². The van der Waals surface area contributed by atoms with Crippen molar-refractivity contribution in [2.45, 2.75) is 26.8 Å². The highest BCUT2D eigenvalue weighted by molar-refractivity contribution is 7.16. The molecule has 0 N–H and O–H groups in total. The highest BCUT2D eigenvalue weighted by atomic mass is 35.5. The summed E-state index contributed by atoms with van der Waals surface area (Å²) in [5, 5.41) is 5.30. The maximum absolute atomic E-state index is 12.6. The van der Waals surface area contributed by atoms with E-state index in [4.69, 9.17) is 23.2 Å². The Morgan fingerprint density at radius 3 is 2.71 bits per heavy atom. The van der Waals surface area contributed by atoms with Crippen LogP contribution >= 0.6 is 34.5 Å². The minimum Gasteiger partial charge on any atom is -0.318 e. The Labute approximate surface area is 153 Å². The van der Waals surface area contributed by atoms with Crippen LogP contribution < -0.4 is 4.80 Å². The van der Waals surface area contributed by atoms with Gasteiger partial charge in [-0.05, 0) is 39.0 Å². The Balaban J connectivity index is 2.16. The van der Waals surface area contributed by atoms with Crippen molar-refractivity contribution in [3.05, 3.63) is 44.4 Å². The SMILES string of the molecule is Cc1cc(C(=O)N=c2sc3ccc(Cl)c(Cl)c3n2C)n(C(C)C)n1. The Bertz CT molecular complexity index is 1010. The van der Waals surface area contributed by atoms with E-state index < -0.39 is 0 Å². The summed E-state index contributed by atoms with van der Waals surface area (Å²) in [5.41, 5.74) is 2.04. The lowest BCUT2D eigenvalue weighted by Crippen LogP contribution is -2.16. The molecule has 0 radical (unpaired) electrons. The molecule has 3 aromatic rings. The Morgan fingerprint density at radius 2 is 2.04 bits per heavy atom. The molecule has 8 heteroatoms. The number of hydrogen-bond donors (Lipinski definition) is 0. The van der Waals surface area contributed by atoms with Crippen LogP contribution in [0.3, 0.4) is 0 Å². The van der Waals surface area contributed by atoms with Crippen molar-refractivity contribution < 1.29 is 4.79 Å². The minimum absolute atomic E-state index is 0.0808. The van der Waals surface area contributed by atoms with Gasteiger partial charge in [-0.25, -0.2) is 0 Å². The number of benzene rings is 1. The lowest BCUT2D eigenvalue weighted by Gasteiger charge is -2.07. The summed E-state index contributed by atoms with van der Waals surface area (Å²) in [6, 6.07) is 5.45. The van der Waals surface area contributed by atoms with Gasteiger partial charge in [0, 0.05) is 13.1 Å². The molecular weight excluding hydrogens is 367 g/mol. The molecule has 0 saturated carbocycles. The molecule has 126 valence electrons. The Hall–Kier alpha value is -1.63. The molecule has 0 fully saturated rings. The third-order valence-corrected chi connectivity index (χ3v) is 5.51. The largest absolute Gasteiger partial charge is 0.318 e. The van der Waals surface area contributed by atoms with E-state index in [-0.39, 0.29) is 11.9 Å². The van der Waals surface area contributed by atoms with Gasteiger partial charge in [0.05, 0.1) is 26.0 Å². The molecule has 0 spiro atoms. The summed E-state index contributed by atoms with van der Waals surface area (Å²) in [6.45, 7) is 5.81. The second-order valence-electron chi connectivity index (χ2n) is 5.78. The van der Waals surface area contributed by atoms with Crippen molar-refractivity contribution >= 4 is 50.7 Å². The number of fused-ring (bicyclic) bond motifs is 1. The predicted octanol–water partition coefficient (Wildman–Crippen LogP) is 4.37. The first kappa shape index (κ1) is 17.2. The lowest BCUT2D eigenvalue weighted by molar-refractivity contribution is 0.0986. The van der Waals surface area contributed by atoms with E-state index >= 15 is 0 Å². The van der Waals surface area contributed by atoms with E-state index in [0.717, 1.165) is 15.9 Å². The summed E-state index contributed by atoms with van der Waals surface area (Å²) in [7, 11) is 1.82. The maximum atomic E-state index is 12.6. The van der Waals surface area contributed by atoms with E-state index in [1.54, 1.807) is 21.4 Å². The Morgan fingerprint density at radius 1 is 1.33 bits per heavy atom. The van der Waals surface area contributed by atoms with Crippen molar-refractivity contribution in [2.24, 2.45) is 12.0 Å². The van der Waals surface area contributed by atoms with Crippen LogP contribution in [0.1, 0.15) is 36.1 Å². The van der Waals surface area contributed by atoms with Gasteiger partial charge in [0.2, 0.25) is 0 Å². The topological polar surface area (TPSA) is 52.2 Å². The summed E-state index contributed by atoms with van der Waals surface area (Å²) < 4.78 is 4.40. The molecule has 0 saturated heterocycles. The molecular formula is C16H16Cl2N4OS. The molecule has 1 amide bonds. The van der Waals surface area contributed by atoms with Crippen molar-refractivity contribution in [3.8, 4) is 0 Å². The van der Waals surface area contributed by atoms with Gasteiger partial charge in [-0.2, -0.15) is 10.1 Å². The zero-order valence-corrected chi connectivity index (χ0v) is 16.0. The van der Waals surface area contributed by atoms with Crippen LogP contribution in [-0.2, 0) is 7.05 Å². The van der Waals surface area contributed by atoms with Gasteiger partial charge in [0.15, 0.2) is 4.80 Å². The van der Waals surface area contributed by atoms with Crippen molar-refractivity contribution in [1.29, 1.82) is 0 Å². The summed E-state index contributed by atoms with van der Waals surface area (Å²) in [6.07, 6.45) is 0. The minimum atomic E-state index is -0.325. The standard InChI is InChI=1S/C16H16Cl2N4OS/c1-8(2)22-11(7-9(3)20-22)15(23)19-16-21(4)14-12(24-16)6-5-10(17)13(14)18/h5-8H,1-4H3. The number of rotatable bonds is 2. The molecule has 0 aliphatic heterocycles. The number of amides is 1. The smallest absolute Gasteiger partial charge is 0.297 e. The van der Waals surface area contributed by atoms with Gasteiger partial charge in [0.25, 0.3) is 5.91 Å². The quantitative estimate of drug-likeness (QED) is 0.660. The molecule has 0 aliphatic rings. The monoisotopic (exact) mass is 382 g/mol. The fraction of sp³-hybridized carbons (Fsp3) is 0.312. The maximum Gasteiger partial charge on any atom is 0.297 e. The molecule has 0 unspecified atom stereocenters. The van der Waals surface area contributed by atoms with Gasteiger partial charge in [-0.1, -0.05) is 34.5 Å². The van der Waals surface area contributed by atoms with Crippen LogP contribution in [0, 0.1) is 6.92 Å². The number of hydrogen-bond acceptors (Lipinski definition) is 3. The van der Waals surface area contributed by atoms with Crippen LogP contribution in [0.25, 0.3) is 10.2 Å². The van der Waals surface area contributed by atoms with Gasteiger partial charge in [-0.3, -0.25) is 9.48 Å². The van der Waals surface area contributed by atoms with Gasteiger partial charge in [0.1, 0.15) is 5.69 Å². The summed E-state index contributed by atoms with van der Waals surface area (Å²) >= 11 is 13.8. The summed E-state index contributed by atoms with van der Waals surface area (Å²) in [5.74, 6) is -0.325. The molecule has 1 aromatic carbocycles. The first-order valence-electron chi connectivity index (χ1n) is 7.38. The summed E-state index contributed by atoms with van der Waals surface area (Å²) in [4.78, 5) is 17.5. The first-order valence-corrected chi connectivity index (χ1v) is 8.95. The van der Waals surface area contributed by atoms with Crippen molar-refractivity contribution in [1.82, 2.24) is 14.3 Å². The highest BCUT2D eigenvalue weighted by Crippen LogP contribution is 2.31. The van der Waals surface area contributed by atoms with Gasteiger partial charge < -0.3 is 4.57 Å². The predicted molar refractivity (Wildman–Crippen MR) is 98.1 cm³/mol. The van der Waals surface area contributed by atoms with E-state index in [9.17, 15) is 4.79 Å². The molecule has 24 heavy (non-hydrogen) atoms. The third-order valence-electron chi connectivity index (χ3n) is 3.62. The molecule has 0 aliphatic carbocycles. The van der Waals surface area contributed by atoms with Gasteiger partial charge >= 0.3 is 0 Å². The zero-order valence-electron chi connectivity index (χ0n) is 13.7. The molecule has 2 aromatic heterocycles. The van der Waals surface area contributed by atoms with Crippen molar-refractivity contribution in [2.75, 3.05) is 0 Å². The number of nitrogens with zero attached hydrogens (tertiary/aromatic N) is 4. The Kier molecular flexibility index (Phi) is 4.55. The molecule has 2 heterocycles. The fourth-order valence-corrected chi connectivity index (χ4v) is 4.02. The van der Waals surface area contributed by atoms with Crippen LogP contribution in [-0.4, -0.2) is 20.3 Å². The second-order valence-corrected chi connectivity index (χ2v) is 7.57. The van der Waals surface area contributed by atoms with E-state index in [1.807, 2.05) is 33.9 Å². The molecule has 5 nitrogen and oxygen atoms in total. The first-order chi connectivity index (χ1) is 11.3. The normalized spacial score (nSPS) is 12.5. The number of halogens is 2. The van der Waals surface area contributed by atoms with Crippen LogP contribution in [0.5, 0.6) is 0 Å². The van der Waals surface area contributed by atoms with Crippen LogP contribution in [0.2, 0.25) is 10.0 Å². The van der Waals surface area contributed by atoms with E-state index in [2.05, 4.69) is 10.1 Å². The van der Waals surface area contributed by atoms with Crippen molar-refractivity contribution in [3.63, 3.8) is 0 Å².